The van der Waals surface area contributed by atoms with Gasteiger partial charge in [-0.15, -0.1) is 0 Å². The Balaban J connectivity index is 3.29. The first-order valence-electron chi connectivity index (χ1n) is 5.59. The minimum atomic E-state index is -4.02. The average molecular weight is 241 g/mol. The molecular formula is C11H22F3NO. The van der Waals surface area contributed by atoms with Gasteiger partial charge in [0.25, 0.3) is 0 Å². The van der Waals surface area contributed by atoms with E-state index in [2.05, 4.69) is 5.32 Å². The molecule has 5 heteroatoms. The summed E-state index contributed by atoms with van der Waals surface area (Å²) in [5.41, 5.74) is -0.168. The van der Waals surface area contributed by atoms with E-state index in [-0.39, 0.29) is 12.0 Å². The third kappa shape index (κ3) is 10.2. The molecule has 0 bridgehead atoms. The van der Waals surface area contributed by atoms with Crippen LogP contribution in [0.15, 0.2) is 0 Å². The molecule has 0 aliphatic heterocycles. The highest BCUT2D eigenvalue weighted by atomic mass is 19.4. The van der Waals surface area contributed by atoms with Crippen LogP contribution in [0.5, 0.6) is 0 Å². The van der Waals surface area contributed by atoms with Gasteiger partial charge in [0.05, 0.1) is 5.60 Å². The first-order chi connectivity index (χ1) is 7.27. The first-order valence-corrected chi connectivity index (χ1v) is 5.59. The lowest BCUT2D eigenvalue weighted by atomic mass is 10.1. The van der Waals surface area contributed by atoms with Gasteiger partial charge in [0.1, 0.15) is 0 Å². The summed E-state index contributed by atoms with van der Waals surface area (Å²) < 4.78 is 40.6. The SMILES string of the molecule is COC(C)(C)CCNCCCCC(F)(F)F. The standard InChI is InChI=1S/C11H22F3NO/c1-10(2,16-3)7-9-15-8-5-4-6-11(12,13)14/h15H,4-9H2,1-3H3. The zero-order valence-corrected chi connectivity index (χ0v) is 10.3. The van der Waals surface area contributed by atoms with Gasteiger partial charge in [0, 0.05) is 13.5 Å². The molecule has 0 aliphatic carbocycles. The fourth-order valence-corrected chi connectivity index (χ4v) is 1.19. The summed E-state index contributed by atoms with van der Waals surface area (Å²) in [7, 11) is 1.66. The number of hydrogen-bond acceptors (Lipinski definition) is 2. The summed E-state index contributed by atoms with van der Waals surface area (Å²) in [5.74, 6) is 0. The van der Waals surface area contributed by atoms with Crippen molar-refractivity contribution in [2.75, 3.05) is 20.2 Å². The Hall–Kier alpha value is -0.290. The normalized spacial score (nSPS) is 13.1. The van der Waals surface area contributed by atoms with E-state index in [1.165, 1.54) is 0 Å². The second-order valence-corrected chi connectivity index (χ2v) is 4.54. The number of hydrogen-bond donors (Lipinski definition) is 1. The molecule has 0 spiro atoms. The molecule has 0 aliphatic rings. The minimum absolute atomic E-state index is 0.168. The van der Waals surface area contributed by atoms with Gasteiger partial charge in [0.15, 0.2) is 0 Å². The molecule has 1 N–H and O–H groups in total. The van der Waals surface area contributed by atoms with Crippen LogP contribution in [-0.2, 0) is 4.74 Å². The van der Waals surface area contributed by atoms with E-state index in [0.29, 0.717) is 13.0 Å². The lowest BCUT2D eigenvalue weighted by Gasteiger charge is -2.22. The van der Waals surface area contributed by atoms with Crippen molar-refractivity contribution < 1.29 is 17.9 Å². The molecule has 0 saturated carbocycles. The minimum Gasteiger partial charge on any atom is -0.379 e. The predicted molar refractivity (Wildman–Crippen MR) is 58.5 cm³/mol. The lowest BCUT2D eigenvalue weighted by Crippen LogP contribution is -2.29. The van der Waals surface area contributed by atoms with Gasteiger partial charge >= 0.3 is 6.18 Å². The summed E-state index contributed by atoms with van der Waals surface area (Å²) in [6, 6.07) is 0. The molecule has 0 fully saturated rings. The maximum absolute atomic E-state index is 11.8. The summed E-state index contributed by atoms with van der Waals surface area (Å²) in [4.78, 5) is 0. The van der Waals surface area contributed by atoms with Crippen LogP contribution in [0.4, 0.5) is 13.2 Å². The second kappa shape index (κ2) is 7.12. The number of ether oxygens (including phenoxy) is 1. The van der Waals surface area contributed by atoms with Gasteiger partial charge in [-0.2, -0.15) is 13.2 Å². The number of unbranched alkanes of at least 4 members (excludes halogenated alkanes) is 1. The van der Waals surface area contributed by atoms with Crippen molar-refractivity contribution in [3.05, 3.63) is 0 Å². The fraction of sp³-hybridized carbons (Fsp3) is 1.00. The van der Waals surface area contributed by atoms with Crippen LogP contribution in [0.3, 0.4) is 0 Å². The van der Waals surface area contributed by atoms with Gasteiger partial charge < -0.3 is 10.1 Å². The van der Waals surface area contributed by atoms with Crippen LogP contribution < -0.4 is 5.32 Å². The molecule has 0 aromatic heterocycles. The van der Waals surface area contributed by atoms with Crippen LogP contribution in [0.2, 0.25) is 0 Å². The van der Waals surface area contributed by atoms with E-state index in [9.17, 15) is 13.2 Å². The topological polar surface area (TPSA) is 21.3 Å². The summed E-state index contributed by atoms with van der Waals surface area (Å²) in [5, 5.41) is 3.11. The Morgan fingerprint density at radius 2 is 1.62 bits per heavy atom. The van der Waals surface area contributed by atoms with Crippen LogP contribution in [0.1, 0.15) is 39.5 Å². The third-order valence-corrected chi connectivity index (χ3v) is 2.52. The Labute approximate surface area is 95.5 Å². The second-order valence-electron chi connectivity index (χ2n) is 4.54. The predicted octanol–water partition coefficient (Wildman–Crippen LogP) is 3.12. The molecule has 0 radical (unpaired) electrons. The van der Waals surface area contributed by atoms with E-state index in [0.717, 1.165) is 13.0 Å². The Kier molecular flexibility index (Phi) is 6.99. The van der Waals surface area contributed by atoms with Crippen molar-refractivity contribution in [2.45, 2.75) is 51.3 Å². The number of alkyl halides is 3. The van der Waals surface area contributed by atoms with Gasteiger partial charge in [-0.3, -0.25) is 0 Å². The molecule has 16 heavy (non-hydrogen) atoms. The number of rotatable bonds is 8. The van der Waals surface area contributed by atoms with Crippen molar-refractivity contribution in [3.63, 3.8) is 0 Å². The Bertz CT molecular complexity index is 181. The molecule has 98 valence electrons. The molecule has 0 atom stereocenters. The number of methoxy groups -OCH3 is 1. The highest BCUT2D eigenvalue weighted by molar-refractivity contribution is 4.68. The lowest BCUT2D eigenvalue weighted by molar-refractivity contribution is -0.135. The van der Waals surface area contributed by atoms with E-state index in [4.69, 9.17) is 4.74 Å². The smallest absolute Gasteiger partial charge is 0.379 e. The molecular weight excluding hydrogens is 219 g/mol. The monoisotopic (exact) mass is 241 g/mol. The van der Waals surface area contributed by atoms with Crippen molar-refractivity contribution in [2.24, 2.45) is 0 Å². The van der Waals surface area contributed by atoms with Crippen molar-refractivity contribution in [1.29, 1.82) is 0 Å². The average Bonchev–Trinajstić information content (AvgIpc) is 2.14. The highest BCUT2D eigenvalue weighted by Crippen LogP contribution is 2.21. The van der Waals surface area contributed by atoms with Crippen LogP contribution >= 0.6 is 0 Å². The van der Waals surface area contributed by atoms with E-state index < -0.39 is 12.6 Å². The van der Waals surface area contributed by atoms with E-state index in [1.807, 2.05) is 13.8 Å². The third-order valence-electron chi connectivity index (χ3n) is 2.52. The highest BCUT2D eigenvalue weighted by Gasteiger charge is 2.25. The summed E-state index contributed by atoms with van der Waals surface area (Å²) >= 11 is 0. The molecule has 0 unspecified atom stereocenters. The molecule has 0 aromatic carbocycles. The molecule has 0 saturated heterocycles. The van der Waals surface area contributed by atoms with Crippen molar-refractivity contribution in [3.8, 4) is 0 Å². The Morgan fingerprint density at radius 3 is 2.12 bits per heavy atom. The summed E-state index contributed by atoms with van der Waals surface area (Å²) in [6.45, 7) is 5.37. The molecule has 0 amide bonds. The fourth-order valence-electron chi connectivity index (χ4n) is 1.19. The number of halogens is 3. The molecule has 0 aromatic rings. The molecule has 2 nitrogen and oxygen atoms in total. The van der Waals surface area contributed by atoms with Crippen LogP contribution in [0, 0.1) is 0 Å². The first kappa shape index (κ1) is 15.7. The Morgan fingerprint density at radius 1 is 1.00 bits per heavy atom. The van der Waals surface area contributed by atoms with E-state index in [1.54, 1.807) is 7.11 Å². The molecule has 0 rings (SSSR count). The molecule has 0 heterocycles. The zero-order valence-electron chi connectivity index (χ0n) is 10.3. The zero-order chi connectivity index (χ0) is 12.7. The van der Waals surface area contributed by atoms with Crippen LogP contribution in [-0.4, -0.2) is 32.0 Å². The number of nitrogens with one attached hydrogen (secondary N) is 1. The van der Waals surface area contributed by atoms with Gasteiger partial charge in [-0.05, 0) is 46.2 Å². The van der Waals surface area contributed by atoms with Gasteiger partial charge in [-0.1, -0.05) is 0 Å². The van der Waals surface area contributed by atoms with Gasteiger partial charge in [0.2, 0.25) is 0 Å². The maximum Gasteiger partial charge on any atom is 0.389 e. The largest absolute Gasteiger partial charge is 0.389 e. The van der Waals surface area contributed by atoms with Gasteiger partial charge in [-0.25, -0.2) is 0 Å². The quantitative estimate of drug-likeness (QED) is 0.659. The maximum atomic E-state index is 11.8. The van der Waals surface area contributed by atoms with E-state index >= 15 is 0 Å². The van der Waals surface area contributed by atoms with Crippen molar-refractivity contribution >= 4 is 0 Å². The van der Waals surface area contributed by atoms with Crippen molar-refractivity contribution in [1.82, 2.24) is 5.32 Å². The summed E-state index contributed by atoms with van der Waals surface area (Å²) in [6.07, 6.45) is -3.09. The van der Waals surface area contributed by atoms with Crippen LogP contribution in [0.25, 0.3) is 0 Å².